The van der Waals surface area contributed by atoms with Crippen molar-refractivity contribution in [3.05, 3.63) is 30.1 Å². The molecule has 25 heavy (non-hydrogen) atoms. The second kappa shape index (κ2) is 6.43. The number of hydrogen-bond acceptors (Lipinski definition) is 3. The van der Waals surface area contributed by atoms with Crippen molar-refractivity contribution in [3.63, 3.8) is 0 Å². The summed E-state index contributed by atoms with van der Waals surface area (Å²) in [5.41, 5.74) is 0.392. The smallest absolute Gasteiger partial charge is 0.312 e. The van der Waals surface area contributed by atoms with E-state index in [1.54, 1.807) is 12.3 Å². The van der Waals surface area contributed by atoms with Crippen LogP contribution in [-0.4, -0.2) is 25.0 Å². The summed E-state index contributed by atoms with van der Waals surface area (Å²) in [6, 6.07) is 3.61. The van der Waals surface area contributed by atoms with Crippen LogP contribution in [0, 0.1) is 23.2 Å². The van der Waals surface area contributed by atoms with Gasteiger partial charge < -0.3 is 10.1 Å². The van der Waals surface area contributed by atoms with Crippen molar-refractivity contribution in [2.24, 2.45) is 30.2 Å². The maximum absolute atomic E-state index is 12.7. The molecule has 4 aliphatic carbocycles. The highest BCUT2D eigenvalue weighted by molar-refractivity contribution is 5.93. The zero-order chi connectivity index (χ0) is 17.4. The van der Waals surface area contributed by atoms with E-state index in [0.29, 0.717) is 12.1 Å². The summed E-state index contributed by atoms with van der Waals surface area (Å²) in [5, 5.41) is 2.83. The van der Waals surface area contributed by atoms with E-state index in [2.05, 4.69) is 5.32 Å². The maximum Gasteiger partial charge on any atom is 0.312 e. The fourth-order valence-corrected chi connectivity index (χ4v) is 5.65. The Morgan fingerprint density at radius 3 is 2.44 bits per heavy atom. The molecule has 0 atom stereocenters. The number of rotatable bonds is 5. The molecule has 5 nitrogen and oxygen atoms in total. The van der Waals surface area contributed by atoms with Crippen LogP contribution in [0.25, 0.3) is 0 Å². The molecule has 1 aromatic heterocycles. The number of nitrogens with one attached hydrogen (secondary N) is 1. The highest BCUT2D eigenvalue weighted by atomic mass is 16.5. The Morgan fingerprint density at radius 2 is 1.84 bits per heavy atom. The van der Waals surface area contributed by atoms with Crippen LogP contribution in [0.4, 0.5) is 0 Å². The Hall–Kier alpha value is -1.91. The standard InChI is InChI=1S/C20H26N2O3/c1-22-5-2-3-17(13-22)18(23)21-4-6-25-19(24)20-10-14-7-15(11-20)9-16(8-14)12-20/h2-3,5,13-16H,4,6-12H2,1H3/p+1. The SMILES string of the molecule is C[n+]1cccc(C(=O)NCCOC(=O)C23CC4CC(CC(C4)C2)C3)c1. The van der Waals surface area contributed by atoms with Crippen molar-refractivity contribution in [2.75, 3.05) is 13.2 Å². The fourth-order valence-electron chi connectivity index (χ4n) is 5.65. The summed E-state index contributed by atoms with van der Waals surface area (Å²) in [6.07, 6.45) is 10.7. The summed E-state index contributed by atoms with van der Waals surface area (Å²) in [5.74, 6) is 2.04. The molecule has 5 heteroatoms. The molecule has 0 radical (unpaired) electrons. The second-order valence-corrected chi connectivity index (χ2v) is 8.35. The molecule has 4 aliphatic rings. The highest BCUT2D eigenvalue weighted by Gasteiger charge is 2.55. The number of nitrogens with zero attached hydrogens (tertiary/aromatic N) is 1. The van der Waals surface area contributed by atoms with E-state index >= 15 is 0 Å². The summed E-state index contributed by atoms with van der Waals surface area (Å²) < 4.78 is 7.41. The van der Waals surface area contributed by atoms with E-state index in [1.807, 2.05) is 23.9 Å². The summed E-state index contributed by atoms with van der Waals surface area (Å²) in [6.45, 7) is 0.612. The monoisotopic (exact) mass is 343 g/mol. The van der Waals surface area contributed by atoms with Crippen LogP contribution >= 0.6 is 0 Å². The van der Waals surface area contributed by atoms with Gasteiger partial charge in [-0.2, -0.15) is 0 Å². The Kier molecular flexibility index (Phi) is 4.26. The molecular formula is C20H27N2O3+. The van der Waals surface area contributed by atoms with Crippen molar-refractivity contribution in [3.8, 4) is 0 Å². The average Bonchev–Trinajstić information content (AvgIpc) is 2.57. The van der Waals surface area contributed by atoms with Crippen LogP contribution in [-0.2, 0) is 16.6 Å². The molecule has 0 spiro atoms. The molecule has 0 aromatic carbocycles. The third-order valence-corrected chi connectivity index (χ3v) is 6.29. The highest BCUT2D eigenvalue weighted by Crippen LogP contribution is 2.60. The normalized spacial score (nSPS) is 32.4. The number of amides is 1. The van der Waals surface area contributed by atoms with Crippen molar-refractivity contribution in [1.29, 1.82) is 0 Å². The van der Waals surface area contributed by atoms with Gasteiger partial charge in [0.25, 0.3) is 5.91 Å². The van der Waals surface area contributed by atoms with E-state index in [1.165, 1.54) is 19.3 Å². The predicted octanol–water partition coefficient (Wildman–Crippen LogP) is 2.00. The van der Waals surface area contributed by atoms with Gasteiger partial charge in [-0.1, -0.05) is 0 Å². The van der Waals surface area contributed by atoms with Gasteiger partial charge in [0.15, 0.2) is 12.4 Å². The Bertz CT molecular complexity index is 650. The molecule has 4 bridgehead atoms. The number of carbonyl (C=O) groups excluding carboxylic acids is 2. The Labute approximate surface area is 148 Å². The van der Waals surface area contributed by atoms with Crippen molar-refractivity contribution < 1.29 is 18.9 Å². The van der Waals surface area contributed by atoms with Gasteiger partial charge in [0.1, 0.15) is 19.2 Å². The van der Waals surface area contributed by atoms with Gasteiger partial charge >= 0.3 is 5.97 Å². The predicted molar refractivity (Wildman–Crippen MR) is 91.5 cm³/mol. The number of esters is 1. The lowest BCUT2D eigenvalue weighted by molar-refractivity contribution is -0.671. The average molecular weight is 343 g/mol. The minimum atomic E-state index is -0.216. The van der Waals surface area contributed by atoms with Gasteiger partial charge in [-0.15, -0.1) is 0 Å². The summed E-state index contributed by atoms with van der Waals surface area (Å²) in [4.78, 5) is 24.8. The van der Waals surface area contributed by atoms with Gasteiger partial charge in [0.2, 0.25) is 0 Å². The Balaban J connectivity index is 1.26. The molecule has 4 saturated carbocycles. The van der Waals surface area contributed by atoms with E-state index in [4.69, 9.17) is 4.74 Å². The number of ether oxygens (including phenoxy) is 1. The van der Waals surface area contributed by atoms with Crippen LogP contribution in [0.5, 0.6) is 0 Å². The lowest BCUT2D eigenvalue weighted by Crippen LogP contribution is -2.50. The van der Waals surface area contributed by atoms with Crippen LogP contribution < -0.4 is 9.88 Å². The molecule has 0 aliphatic heterocycles. The molecule has 5 rings (SSSR count). The first-order valence-corrected chi connectivity index (χ1v) is 9.45. The summed E-state index contributed by atoms with van der Waals surface area (Å²) in [7, 11) is 1.88. The second-order valence-electron chi connectivity index (χ2n) is 8.35. The zero-order valence-corrected chi connectivity index (χ0v) is 14.9. The van der Waals surface area contributed by atoms with Crippen LogP contribution in [0.2, 0.25) is 0 Å². The first kappa shape index (κ1) is 16.6. The fraction of sp³-hybridized carbons (Fsp3) is 0.650. The molecule has 1 aromatic rings. The molecule has 0 unspecified atom stereocenters. The van der Waals surface area contributed by atoms with E-state index in [0.717, 1.165) is 37.0 Å². The van der Waals surface area contributed by atoms with Crippen LogP contribution in [0.1, 0.15) is 48.9 Å². The third kappa shape index (κ3) is 3.29. The van der Waals surface area contributed by atoms with Crippen LogP contribution in [0.3, 0.4) is 0 Å². The van der Waals surface area contributed by atoms with Crippen molar-refractivity contribution >= 4 is 11.9 Å². The first-order chi connectivity index (χ1) is 12.0. The number of aryl methyl sites for hydroxylation is 1. The third-order valence-electron chi connectivity index (χ3n) is 6.29. The molecule has 1 heterocycles. The number of pyridine rings is 1. The molecule has 1 amide bonds. The minimum Gasteiger partial charge on any atom is -0.463 e. The lowest BCUT2D eigenvalue weighted by atomic mass is 9.49. The molecule has 0 saturated heterocycles. The molecular weight excluding hydrogens is 316 g/mol. The van der Waals surface area contributed by atoms with Crippen molar-refractivity contribution in [2.45, 2.75) is 38.5 Å². The number of aromatic nitrogens is 1. The Morgan fingerprint density at radius 1 is 1.20 bits per heavy atom. The van der Waals surface area contributed by atoms with E-state index in [-0.39, 0.29) is 23.9 Å². The quantitative estimate of drug-likeness (QED) is 0.505. The molecule has 134 valence electrons. The largest absolute Gasteiger partial charge is 0.463 e. The van der Waals surface area contributed by atoms with Gasteiger partial charge in [-0.3, -0.25) is 9.59 Å². The number of hydrogen-bond donors (Lipinski definition) is 1. The van der Waals surface area contributed by atoms with E-state index in [9.17, 15) is 9.59 Å². The molecule has 1 N–H and O–H groups in total. The van der Waals surface area contributed by atoms with Gasteiger partial charge in [-0.25, -0.2) is 4.57 Å². The van der Waals surface area contributed by atoms with E-state index < -0.39 is 0 Å². The van der Waals surface area contributed by atoms with Gasteiger partial charge in [0.05, 0.1) is 12.0 Å². The zero-order valence-electron chi connectivity index (χ0n) is 14.9. The lowest BCUT2D eigenvalue weighted by Gasteiger charge is -2.55. The van der Waals surface area contributed by atoms with Gasteiger partial charge in [0, 0.05) is 6.07 Å². The van der Waals surface area contributed by atoms with Crippen LogP contribution in [0.15, 0.2) is 24.5 Å². The molecule has 4 fully saturated rings. The van der Waals surface area contributed by atoms with Crippen molar-refractivity contribution in [1.82, 2.24) is 5.32 Å². The summed E-state index contributed by atoms with van der Waals surface area (Å²) >= 11 is 0. The minimum absolute atomic E-state index is 0.0213. The topological polar surface area (TPSA) is 59.3 Å². The first-order valence-electron chi connectivity index (χ1n) is 9.45. The van der Waals surface area contributed by atoms with Gasteiger partial charge in [-0.05, 0) is 62.3 Å². The maximum atomic E-state index is 12.7. The number of carbonyl (C=O) groups is 2.